The van der Waals surface area contributed by atoms with Crippen LogP contribution in [0.5, 0.6) is 5.75 Å². The summed E-state index contributed by atoms with van der Waals surface area (Å²) in [6, 6.07) is 12.7. The minimum absolute atomic E-state index is 0. The number of hydrogen-bond donors (Lipinski definition) is 5. The number of H-pyrrole nitrogens is 1. The molecule has 9 heteroatoms. The number of fused-ring (bicyclic) bond motifs is 1. The zero-order valence-corrected chi connectivity index (χ0v) is 18.9. The first-order chi connectivity index (χ1) is 14.6. The highest BCUT2D eigenvalue weighted by atomic mass is 35.5. The van der Waals surface area contributed by atoms with Crippen LogP contribution in [0, 0.1) is 0 Å². The second-order valence-electron chi connectivity index (χ2n) is 7.12. The van der Waals surface area contributed by atoms with Crippen molar-refractivity contribution < 1.29 is 9.90 Å². The fourth-order valence-electron chi connectivity index (χ4n) is 3.25. The van der Waals surface area contributed by atoms with Crippen LogP contribution in [0.15, 0.2) is 47.3 Å². The van der Waals surface area contributed by atoms with E-state index in [1.54, 1.807) is 6.07 Å². The normalized spacial score (nSPS) is 10.6. The van der Waals surface area contributed by atoms with Crippen LogP contribution in [-0.4, -0.2) is 35.8 Å². The molecule has 0 aliphatic rings. The first-order valence-electron chi connectivity index (χ1n) is 10.3. The molecule has 31 heavy (non-hydrogen) atoms. The number of unbranched alkanes of at least 4 members (excludes halogenated alkanes) is 3. The molecule has 2 amide bonds. The van der Waals surface area contributed by atoms with Gasteiger partial charge < -0.3 is 26.0 Å². The van der Waals surface area contributed by atoms with Gasteiger partial charge in [-0.2, -0.15) is 0 Å². The van der Waals surface area contributed by atoms with Crippen molar-refractivity contribution in [1.82, 2.24) is 15.6 Å². The number of benzene rings is 2. The lowest BCUT2D eigenvalue weighted by molar-refractivity contribution is 0.252. The van der Waals surface area contributed by atoms with E-state index in [1.807, 2.05) is 36.4 Å². The van der Waals surface area contributed by atoms with Gasteiger partial charge in [0.25, 0.3) is 0 Å². The molecule has 3 rings (SSSR count). The van der Waals surface area contributed by atoms with Gasteiger partial charge in [0, 0.05) is 12.2 Å². The quantitative estimate of drug-likeness (QED) is 0.274. The minimum atomic E-state index is -0.168. The standard InChI is InChI=1S/C22H28N4O3S.ClH/c27-18-11-10-16(20-19(18)26-22(29)30-20)12-15-23-13-6-1-2-7-14-24-21(28)25-17-8-4-3-5-9-17;/h3-5,8-11,23,27H,1-2,6-7,12-15H2,(H,26,29)(H2,24,25,28);1H. The van der Waals surface area contributed by atoms with E-state index < -0.39 is 0 Å². The molecule has 0 radical (unpaired) electrons. The molecule has 0 bridgehead atoms. The Morgan fingerprint density at radius 1 is 0.968 bits per heavy atom. The van der Waals surface area contributed by atoms with Gasteiger partial charge in [-0.25, -0.2) is 4.79 Å². The summed E-state index contributed by atoms with van der Waals surface area (Å²) < 4.78 is 0.839. The number of aromatic amines is 1. The van der Waals surface area contributed by atoms with Crippen molar-refractivity contribution in [3.05, 3.63) is 57.7 Å². The van der Waals surface area contributed by atoms with Gasteiger partial charge in [-0.05, 0) is 56.1 Å². The largest absolute Gasteiger partial charge is 0.506 e. The molecule has 0 atom stereocenters. The number of carbonyl (C=O) groups excluding carboxylic acids is 1. The second kappa shape index (κ2) is 13.0. The predicted molar refractivity (Wildman–Crippen MR) is 130 cm³/mol. The van der Waals surface area contributed by atoms with Gasteiger partial charge in [0.05, 0.1) is 4.70 Å². The Kier molecular flexibility index (Phi) is 10.4. The molecule has 0 saturated carbocycles. The van der Waals surface area contributed by atoms with Gasteiger partial charge in [0.15, 0.2) is 0 Å². The number of amides is 2. The molecule has 0 spiro atoms. The summed E-state index contributed by atoms with van der Waals surface area (Å²) in [4.78, 5) is 25.9. The maximum Gasteiger partial charge on any atom is 0.319 e. The zero-order valence-electron chi connectivity index (χ0n) is 17.3. The molecule has 0 aliphatic carbocycles. The van der Waals surface area contributed by atoms with Gasteiger partial charge in [-0.15, -0.1) is 12.4 Å². The van der Waals surface area contributed by atoms with Crippen LogP contribution in [-0.2, 0) is 6.42 Å². The fourth-order valence-corrected chi connectivity index (χ4v) is 4.14. The number of aromatic hydroxyl groups is 1. The van der Waals surface area contributed by atoms with E-state index in [-0.39, 0.29) is 29.1 Å². The number of phenolic OH excluding ortho intramolecular Hbond substituents is 1. The van der Waals surface area contributed by atoms with E-state index in [2.05, 4.69) is 20.9 Å². The lowest BCUT2D eigenvalue weighted by Crippen LogP contribution is -2.29. The van der Waals surface area contributed by atoms with E-state index in [4.69, 9.17) is 0 Å². The highest BCUT2D eigenvalue weighted by Gasteiger charge is 2.09. The summed E-state index contributed by atoms with van der Waals surface area (Å²) in [6.07, 6.45) is 5.03. The van der Waals surface area contributed by atoms with E-state index in [0.29, 0.717) is 12.1 Å². The van der Waals surface area contributed by atoms with Crippen LogP contribution in [0.4, 0.5) is 10.5 Å². The minimum Gasteiger partial charge on any atom is -0.506 e. The van der Waals surface area contributed by atoms with E-state index in [0.717, 1.165) is 72.5 Å². The number of nitrogens with one attached hydrogen (secondary N) is 4. The van der Waals surface area contributed by atoms with Crippen molar-refractivity contribution in [2.45, 2.75) is 32.1 Å². The van der Waals surface area contributed by atoms with Crippen molar-refractivity contribution in [2.24, 2.45) is 0 Å². The summed E-state index contributed by atoms with van der Waals surface area (Å²) in [5, 5.41) is 18.9. The topological polar surface area (TPSA) is 106 Å². The zero-order chi connectivity index (χ0) is 21.2. The number of hydrogen-bond acceptors (Lipinski definition) is 5. The third-order valence-corrected chi connectivity index (χ3v) is 5.77. The van der Waals surface area contributed by atoms with Crippen LogP contribution in [0.2, 0.25) is 0 Å². The molecule has 1 heterocycles. The first kappa shape index (κ1) is 24.7. The summed E-state index contributed by atoms with van der Waals surface area (Å²) in [7, 11) is 0. The highest BCUT2D eigenvalue weighted by molar-refractivity contribution is 7.16. The number of halogens is 1. The number of rotatable bonds is 11. The van der Waals surface area contributed by atoms with Crippen LogP contribution in [0.1, 0.15) is 31.2 Å². The molecule has 1 aromatic heterocycles. The summed E-state index contributed by atoms with van der Waals surface area (Å²) >= 11 is 1.14. The number of phenols is 1. The molecule has 7 nitrogen and oxygen atoms in total. The molecule has 0 aliphatic heterocycles. The van der Waals surface area contributed by atoms with E-state index in [9.17, 15) is 14.7 Å². The van der Waals surface area contributed by atoms with Gasteiger partial charge in [0.1, 0.15) is 11.3 Å². The lowest BCUT2D eigenvalue weighted by Gasteiger charge is -2.08. The molecule has 3 aromatic rings. The van der Waals surface area contributed by atoms with Gasteiger partial charge in [0.2, 0.25) is 0 Å². The van der Waals surface area contributed by atoms with Crippen molar-refractivity contribution >= 4 is 45.7 Å². The Labute approximate surface area is 191 Å². The Balaban J connectivity index is 0.00000341. The first-order valence-corrected chi connectivity index (χ1v) is 11.1. The number of para-hydroxylation sites is 1. The highest BCUT2D eigenvalue weighted by Crippen LogP contribution is 2.27. The van der Waals surface area contributed by atoms with Gasteiger partial charge >= 0.3 is 10.9 Å². The smallest absolute Gasteiger partial charge is 0.319 e. The Bertz CT molecular complexity index is 1010. The van der Waals surface area contributed by atoms with Crippen LogP contribution >= 0.6 is 23.7 Å². The average Bonchev–Trinajstić information content (AvgIpc) is 3.14. The van der Waals surface area contributed by atoms with E-state index >= 15 is 0 Å². The monoisotopic (exact) mass is 464 g/mol. The number of urea groups is 1. The fraction of sp³-hybridized carbons (Fsp3) is 0.364. The Morgan fingerprint density at radius 3 is 2.48 bits per heavy atom. The number of carbonyl (C=O) groups is 1. The van der Waals surface area contributed by atoms with Crippen LogP contribution in [0.25, 0.3) is 10.2 Å². The molecule has 0 saturated heterocycles. The molecular formula is C22H29ClN4O3S. The predicted octanol–water partition coefficient (Wildman–Crippen LogP) is 4.23. The maximum atomic E-state index is 11.8. The number of anilines is 1. The molecular weight excluding hydrogens is 436 g/mol. The van der Waals surface area contributed by atoms with E-state index in [1.165, 1.54) is 0 Å². The van der Waals surface area contributed by atoms with Gasteiger partial charge in [-0.3, -0.25) is 4.79 Å². The molecule has 0 fully saturated rings. The number of aromatic nitrogens is 1. The van der Waals surface area contributed by atoms with Crippen molar-refractivity contribution in [3.8, 4) is 5.75 Å². The van der Waals surface area contributed by atoms with Gasteiger partial charge in [-0.1, -0.05) is 48.4 Å². The Morgan fingerprint density at radius 2 is 1.71 bits per heavy atom. The van der Waals surface area contributed by atoms with Crippen LogP contribution < -0.4 is 20.8 Å². The third-order valence-electron chi connectivity index (χ3n) is 4.81. The maximum absolute atomic E-state index is 11.8. The average molecular weight is 465 g/mol. The van der Waals surface area contributed by atoms with Crippen molar-refractivity contribution in [2.75, 3.05) is 25.0 Å². The second-order valence-corrected chi connectivity index (χ2v) is 8.11. The van der Waals surface area contributed by atoms with Crippen molar-refractivity contribution in [3.63, 3.8) is 0 Å². The van der Waals surface area contributed by atoms with Crippen LogP contribution in [0.3, 0.4) is 0 Å². The third kappa shape index (κ3) is 7.90. The van der Waals surface area contributed by atoms with Crippen molar-refractivity contribution in [1.29, 1.82) is 0 Å². The lowest BCUT2D eigenvalue weighted by atomic mass is 10.1. The summed E-state index contributed by atoms with van der Waals surface area (Å²) in [5.74, 6) is 0.118. The molecule has 2 aromatic carbocycles. The molecule has 0 unspecified atom stereocenters. The molecule has 168 valence electrons. The Hall–Kier alpha value is -2.55. The SMILES string of the molecule is Cl.O=C(NCCCCCCNCCc1ccc(O)c2[nH]c(=O)sc12)Nc1ccccc1. The summed E-state index contributed by atoms with van der Waals surface area (Å²) in [6.45, 7) is 2.43. The summed E-state index contributed by atoms with van der Waals surface area (Å²) in [5.41, 5.74) is 2.40. The number of thiazole rings is 1. The molecule has 5 N–H and O–H groups in total.